The number of amides is 1. The summed E-state index contributed by atoms with van der Waals surface area (Å²) in [6, 6.07) is 10.8. The van der Waals surface area contributed by atoms with Crippen molar-refractivity contribution in [1.29, 1.82) is 5.26 Å². The molecule has 28 heavy (non-hydrogen) atoms. The summed E-state index contributed by atoms with van der Waals surface area (Å²) in [7, 11) is 0. The zero-order valence-electron chi connectivity index (χ0n) is 15.1. The first-order chi connectivity index (χ1) is 13.1. The Balaban J connectivity index is 1.72. The van der Waals surface area contributed by atoms with Gasteiger partial charge < -0.3 is 10.0 Å². The average Bonchev–Trinajstić information content (AvgIpc) is 3.16. The molecule has 6 nitrogen and oxygen atoms in total. The fourth-order valence-corrected chi connectivity index (χ4v) is 3.32. The van der Waals surface area contributed by atoms with Crippen LogP contribution in [0.1, 0.15) is 36.9 Å². The monoisotopic (exact) mass is 392 g/mol. The molecule has 0 bridgehead atoms. The molecule has 1 fully saturated rings. The highest BCUT2D eigenvalue weighted by Gasteiger charge is 2.57. The van der Waals surface area contributed by atoms with Gasteiger partial charge in [-0.15, -0.1) is 0 Å². The van der Waals surface area contributed by atoms with Crippen molar-refractivity contribution in [2.45, 2.75) is 37.5 Å². The van der Waals surface area contributed by atoms with Gasteiger partial charge in [0.25, 0.3) is 5.91 Å². The largest absolute Gasteiger partial charge is 0.426 e. The van der Waals surface area contributed by atoms with Crippen LogP contribution in [0.2, 0.25) is 0 Å². The lowest BCUT2D eigenvalue weighted by atomic mass is 9.92. The van der Waals surface area contributed by atoms with Crippen LogP contribution in [-0.4, -0.2) is 50.6 Å². The molecule has 0 aliphatic carbocycles. The zero-order valence-corrected chi connectivity index (χ0v) is 15.1. The van der Waals surface area contributed by atoms with Crippen molar-refractivity contribution >= 4 is 5.91 Å². The Kier molecular flexibility index (Phi) is 5.17. The first-order valence-electron chi connectivity index (χ1n) is 8.78. The van der Waals surface area contributed by atoms with Crippen molar-refractivity contribution in [3.63, 3.8) is 0 Å². The van der Waals surface area contributed by atoms with Crippen LogP contribution in [0, 0.1) is 11.3 Å². The summed E-state index contributed by atoms with van der Waals surface area (Å²) in [5, 5.41) is 22.8. The Bertz CT molecular complexity index is 889. The van der Waals surface area contributed by atoms with Crippen LogP contribution in [-0.2, 0) is 4.79 Å². The van der Waals surface area contributed by atoms with E-state index in [9.17, 15) is 23.1 Å². The minimum Gasteiger partial charge on any atom is -0.373 e. The summed E-state index contributed by atoms with van der Waals surface area (Å²) < 4.78 is 40.4. The van der Waals surface area contributed by atoms with E-state index in [2.05, 4.69) is 5.10 Å². The van der Waals surface area contributed by atoms with Crippen molar-refractivity contribution in [1.82, 2.24) is 14.7 Å². The maximum absolute atomic E-state index is 12.9. The van der Waals surface area contributed by atoms with Crippen LogP contribution >= 0.6 is 0 Å². The van der Waals surface area contributed by atoms with Gasteiger partial charge in [0, 0.05) is 30.9 Å². The number of carbonyl (C=O) groups excluding carboxylic acids is 1. The Labute approximate surface area is 159 Å². The van der Waals surface area contributed by atoms with Crippen molar-refractivity contribution in [2.24, 2.45) is 0 Å². The van der Waals surface area contributed by atoms with E-state index in [1.807, 2.05) is 12.1 Å². The van der Waals surface area contributed by atoms with Crippen LogP contribution in [0.4, 0.5) is 13.2 Å². The molecule has 3 rings (SSSR count). The zero-order chi connectivity index (χ0) is 20.5. The number of nitriles is 1. The molecule has 1 N–H and O–H groups in total. The molecule has 0 saturated carbocycles. The number of alkyl halides is 3. The quantitative estimate of drug-likeness (QED) is 0.871. The molecule has 2 aromatic rings. The number of benzene rings is 1. The molecule has 148 valence electrons. The molecular weight excluding hydrogens is 373 g/mol. The standard InChI is InChI=1S/C19H19F3N4O2/c1-18(28,19(20,21)22)17(27)25-10-7-14(8-11-25)16-6-9-24-26(16)15-4-2-13(12-23)3-5-15/h2-6,9,14,28H,7-8,10-11H2,1H3/t18-/m1/s1. The van der Waals surface area contributed by atoms with Gasteiger partial charge in [0.05, 0.1) is 17.3 Å². The Hall–Kier alpha value is -2.86. The van der Waals surface area contributed by atoms with E-state index < -0.39 is 17.7 Å². The second kappa shape index (κ2) is 7.28. The number of aromatic nitrogens is 2. The average molecular weight is 392 g/mol. The third-order valence-electron chi connectivity index (χ3n) is 5.08. The van der Waals surface area contributed by atoms with E-state index >= 15 is 0 Å². The lowest BCUT2D eigenvalue weighted by molar-refractivity contribution is -0.250. The van der Waals surface area contributed by atoms with Gasteiger partial charge in [0.15, 0.2) is 0 Å². The second-order valence-electron chi connectivity index (χ2n) is 6.96. The first kappa shape index (κ1) is 19.9. The third-order valence-corrected chi connectivity index (χ3v) is 5.08. The number of likely N-dealkylation sites (tertiary alicyclic amines) is 1. The summed E-state index contributed by atoms with van der Waals surface area (Å²) in [6.45, 7) is 0.726. The van der Waals surface area contributed by atoms with Crippen LogP contribution in [0.25, 0.3) is 5.69 Å². The van der Waals surface area contributed by atoms with Crippen LogP contribution in [0.3, 0.4) is 0 Å². The molecule has 0 radical (unpaired) electrons. The van der Waals surface area contributed by atoms with Gasteiger partial charge in [0.1, 0.15) is 0 Å². The predicted molar refractivity (Wildman–Crippen MR) is 93.5 cm³/mol. The van der Waals surface area contributed by atoms with Gasteiger partial charge >= 0.3 is 6.18 Å². The van der Waals surface area contributed by atoms with E-state index in [0.717, 1.165) is 16.3 Å². The number of nitrogens with zero attached hydrogens (tertiary/aromatic N) is 4. The third kappa shape index (κ3) is 3.60. The smallest absolute Gasteiger partial charge is 0.373 e. The summed E-state index contributed by atoms with van der Waals surface area (Å²) in [5.41, 5.74) is -1.19. The number of hydrogen-bond donors (Lipinski definition) is 1. The molecule has 1 aliphatic heterocycles. The number of hydrogen-bond acceptors (Lipinski definition) is 4. The van der Waals surface area contributed by atoms with Gasteiger partial charge in [-0.2, -0.15) is 23.5 Å². The van der Waals surface area contributed by atoms with Crippen LogP contribution in [0.5, 0.6) is 0 Å². The van der Waals surface area contributed by atoms with E-state index in [4.69, 9.17) is 5.26 Å². The molecule has 1 aliphatic rings. The van der Waals surface area contributed by atoms with Crippen LogP contribution in [0.15, 0.2) is 36.5 Å². The molecule has 1 amide bonds. The lowest BCUT2D eigenvalue weighted by Crippen LogP contribution is -2.57. The van der Waals surface area contributed by atoms with Gasteiger partial charge in [-0.3, -0.25) is 4.79 Å². The predicted octanol–water partition coefficient (Wildman–Crippen LogP) is 2.76. The minimum atomic E-state index is -5.02. The highest BCUT2D eigenvalue weighted by Crippen LogP contribution is 2.34. The second-order valence-corrected chi connectivity index (χ2v) is 6.96. The molecule has 0 spiro atoms. The molecule has 0 unspecified atom stereocenters. The Morgan fingerprint density at radius 1 is 1.21 bits per heavy atom. The van der Waals surface area contributed by atoms with Gasteiger partial charge in [-0.25, -0.2) is 4.68 Å². The first-order valence-corrected chi connectivity index (χ1v) is 8.78. The van der Waals surface area contributed by atoms with E-state index in [1.54, 1.807) is 35.1 Å². The number of carbonyl (C=O) groups is 1. The number of rotatable bonds is 3. The topological polar surface area (TPSA) is 82.2 Å². The lowest BCUT2D eigenvalue weighted by Gasteiger charge is -2.36. The Morgan fingerprint density at radius 2 is 1.82 bits per heavy atom. The molecule has 1 atom stereocenters. The van der Waals surface area contributed by atoms with Gasteiger partial charge in [0.2, 0.25) is 5.60 Å². The fourth-order valence-electron chi connectivity index (χ4n) is 3.32. The molecule has 1 saturated heterocycles. The number of piperidine rings is 1. The van der Waals surface area contributed by atoms with Crippen molar-refractivity contribution in [2.75, 3.05) is 13.1 Å². The molecule has 1 aromatic heterocycles. The van der Waals surface area contributed by atoms with Crippen molar-refractivity contribution < 1.29 is 23.1 Å². The highest BCUT2D eigenvalue weighted by atomic mass is 19.4. The fraction of sp³-hybridized carbons (Fsp3) is 0.421. The molecule has 2 heterocycles. The van der Waals surface area contributed by atoms with E-state index in [1.165, 1.54) is 0 Å². The van der Waals surface area contributed by atoms with Gasteiger partial charge in [-0.05, 0) is 50.1 Å². The number of halogens is 3. The highest BCUT2D eigenvalue weighted by molar-refractivity contribution is 5.85. The molecule has 9 heteroatoms. The van der Waals surface area contributed by atoms with E-state index in [-0.39, 0.29) is 19.0 Å². The summed E-state index contributed by atoms with van der Waals surface area (Å²) >= 11 is 0. The maximum Gasteiger partial charge on any atom is 0.426 e. The van der Waals surface area contributed by atoms with E-state index in [0.29, 0.717) is 25.3 Å². The Morgan fingerprint density at radius 3 is 2.36 bits per heavy atom. The summed E-state index contributed by atoms with van der Waals surface area (Å²) in [5.74, 6) is -1.31. The van der Waals surface area contributed by atoms with Crippen LogP contribution < -0.4 is 0 Å². The van der Waals surface area contributed by atoms with Crippen molar-refractivity contribution in [3.8, 4) is 11.8 Å². The minimum absolute atomic E-state index is 0.0121. The molecule has 1 aromatic carbocycles. The summed E-state index contributed by atoms with van der Waals surface area (Å²) in [4.78, 5) is 13.2. The maximum atomic E-state index is 12.9. The number of aliphatic hydroxyl groups is 1. The van der Waals surface area contributed by atoms with Gasteiger partial charge in [-0.1, -0.05) is 0 Å². The molecular formula is C19H19F3N4O2. The SMILES string of the molecule is C[C@@](O)(C(=O)N1CCC(c2ccnn2-c2ccc(C#N)cc2)CC1)C(F)(F)F. The van der Waals surface area contributed by atoms with Crippen molar-refractivity contribution in [3.05, 3.63) is 47.8 Å². The summed E-state index contributed by atoms with van der Waals surface area (Å²) in [6.07, 6.45) is -2.46. The normalized spacial score (nSPS) is 17.8.